The number of thiazole rings is 1. The lowest BCUT2D eigenvalue weighted by atomic mass is 10.3. The molecule has 0 saturated carbocycles. The van der Waals surface area contributed by atoms with Crippen LogP contribution in [0.3, 0.4) is 0 Å². The van der Waals surface area contributed by atoms with Crippen LogP contribution in [-0.2, 0) is 0 Å². The summed E-state index contributed by atoms with van der Waals surface area (Å²) in [7, 11) is 0. The van der Waals surface area contributed by atoms with Gasteiger partial charge in [-0.05, 0) is 30.4 Å². The number of fused-ring (bicyclic) bond motifs is 3. The third kappa shape index (κ3) is 1.75. The Labute approximate surface area is 107 Å². The molecule has 0 amide bonds. The Hall–Kier alpha value is -0.910. The van der Waals surface area contributed by atoms with E-state index in [0.29, 0.717) is 0 Å². The summed E-state index contributed by atoms with van der Waals surface area (Å²) in [5, 5.41) is 4.24. The van der Waals surface area contributed by atoms with Crippen LogP contribution in [0.25, 0.3) is 15.2 Å². The monoisotopic (exact) mass is 271 g/mol. The average Bonchev–Trinajstić information content (AvgIpc) is 2.75. The van der Waals surface area contributed by atoms with Crippen molar-refractivity contribution in [3.63, 3.8) is 0 Å². The molecule has 0 unspecified atom stereocenters. The molecule has 1 N–H and O–H groups in total. The number of rotatable bonds is 2. The number of nitrogens with zero attached hydrogens (tertiary/aromatic N) is 2. The minimum absolute atomic E-state index is 0. The molecular formula is C10H10ClN3S2. The highest BCUT2D eigenvalue weighted by molar-refractivity contribution is 7.24. The third-order valence-corrected chi connectivity index (χ3v) is 4.26. The van der Waals surface area contributed by atoms with Gasteiger partial charge in [0.25, 0.3) is 0 Å². The predicted octanol–water partition coefficient (Wildman–Crippen LogP) is -0.468. The van der Waals surface area contributed by atoms with Gasteiger partial charge < -0.3 is 17.7 Å². The Morgan fingerprint density at radius 3 is 3.00 bits per heavy atom. The summed E-state index contributed by atoms with van der Waals surface area (Å²) < 4.78 is 3.47. The number of halogens is 1. The Morgan fingerprint density at radius 2 is 2.19 bits per heavy atom. The van der Waals surface area contributed by atoms with Crippen LogP contribution >= 0.6 is 22.9 Å². The zero-order chi connectivity index (χ0) is 10.3. The lowest BCUT2D eigenvalue weighted by molar-refractivity contribution is -0.396. The van der Waals surface area contributed by atoms with Crippen LogP contribution in [-0.4, -0.2) is 11.5 Å². The molecule has 0 saturated heterocycles. The highest BCUT2D eigenvalue weighted by atomic mass is 35.5. The van der Waals surface area contributed by atoms with E-state index in [9.17, 15) is 0 Å². The van der Waals surface area contributed by atoms with Gasteiger partial charge in [-0.2, -0.15) is 0 Å². The second-order valence-electron chi connectivity index (χ2n) is 3.19. The van der Waals surface area contributed by atoms with Crippen molar-refractivity contribution < 1.29 is 16.2 Å². The number of nitrogens with one attached hydrogen (secondary N) is 1. The minimum Gasteiger partial charge on any atom is -1.00 e. The van der Waals surface area contributed by atoms with Crippen molar-refractivity contribution in [2.24, 2.45) is 0 Å². The van der Waals surface area contributed by atoms with E-state index in [2.05, 4.69) is 45.3 Å². The van der Waals surface area contributed by atoms with Gasteiger partial charge in [0, 0.05) is 11.5 Å². The number of benzene rings is 1. The van der Waals surface area contributed by atoms with E-state index in [4.69, 9.17) is 0 Å². The van der Waals surface area contributed by atoms with Gasteiger partial charge >= 0.3 is 10.1 Å². The molecule has 0 spiro atoms. The zero-order valence-corrected chi connectivity index (χ0v) is 11.0. The van der Waals surface area contributed by atoms with Gasteiger partial charge in [-0.1, -0.05) is 12.1 Å². The molecule has 0 fully saturated rings. The van der Waals surface area contributed by atoms with Gasteiger partial charge in [0.2, 0.25) is 0 Å². The lowest BCUT2D eigenvalue weighted by Gasteiger charge is -1.86. The van der Waals surface area contributed by atoms with E-state index in [1.807, 2.05) is 0 Å². The molecule has 0 aliphatic rings. The molecule has 16 heavy (non-hydrogen) atoms. The molecule has 3 nitrogen and oxygen atoms in total. The summed E-state index contributed by atoms with van der Waals surface area (Å²) >= 11 is 3.39. The number of hydrogen-bond donors (Lipinski definition) is 1. The fourth-order valence-corrected chi connectivity index (χ4v) is 3.68. The largest absolute Gasteiger partial charge is 1.00 e. The molecule has 0 bridgehead atoms. The molecule has 3 aromatic rings. The van der Waals surface area contributed by atoms with Crippen LogP contribution in [0.2, 0.25) is 0 Å². The maximum absolute atomic E-state index is 4.53. The zero-order valence-electron chi connectivity index (χ0n) is 8.61. The summed E-state index contributed by atoms with van der Waals surface area (Å²) in [6.07, 6.45) is 0. The highest BCUT2D eigenvalue weighted by Gasteiger charge is 2.19. The Kier molecular flexibility index (Phi) is 3.28. The first-order valence-corrected chi connectivity index (χ1v) is 6.42. The first-order chi connectivity index (χ1) is 7.38. The summed E-state index contributed by atoms with van der Waals surface area (Å²) in [6.45, 7) is 3.00. The van der Waals surface area contributed by atoms with Crippen molar-refractivity contribution in [3.05, 3.63) is 24.3 Å². The molecule has 2 heterocycles. The standard InChI is InChI=1S/C10H9N3S2.ClH/c1-2-11-9-12-10-13(15-9)7-5-3-4-6-8(7)14-10;/h3-6H,2H2,1H3;1H. The molecule has 2 aromatic heterocycles. The molecule has 0 aliphatic heterocycles. The van der Waals surface area contributed by atoms with Crippen LogP contribution in [0, 0.1) is 0 Å². The fourth-order valence-electron chi connectivity index (χ4n) is 1.53. The van der Waals surface area contributed by atoms with Crippen molar-refractivity contribution in [2.45, 2.75) is 6.92 Å². The van der Waals surface area contributed by atoms with E-state index in [0.717, 1.165) is 16.6 Å². The Balaban J connectivity index is 0.000000963. The van der Waals surface area contributed by atoms with Crippen LogP contribution < -0.4 is 21.5 Å². The molecular weight excluding hydrogens is 262 g/mol. The maximum Gasteiger partial charge on any atom is 0.402 e. The van der Waals surface area contributed by atoms with Gasteiger partial charge in [-0.25, -0.2) is 0 Å². The minimum atomic E-state index is 0. The molecule has 84 valence electrons. The van der Waals surface area contributed by atoms with Crippen molar-refractivity contribution in [3.8, 4) is 0 Å². The number of aromatic nitrogens is 2. The fraction of sp³-hybridized carbons (Fsp3) is 0.200. The molecule has 3 rings (SSSR count). The van der Waals surface area contributed by atoms with Crippen molar-refractivity contribution in [1.29, 1.82) is 0 Å². The summed E-state index contributed by atoms with van der Waals surface area (Å²) in [5.41, 5.74) is 1.25. The second-order valence-corrected chi connectivity index (χ2v) is 5.13. The molecule has 0 atom stereocenters. The van der Waals surface area contributed by atoms with Gasteiger partial charge in [-0.15, -0.1) is 3.79 Å². The maximum atomic E-state index is 4.53. The Morgan fingerprint density at radius 1 is 1.38 bits per heavy atom. The van der Waals surface area contributed by atoms with Crippen LogP contribution in [0.15, 0.2) is 24.3 Å². The first kappa shape index (κ1) is 11.6. The van der Waals surface area contributed by atoms with E-state index in [1.165, 1.54) is 10.2 Å². The first-order valence-electron chi connectivity index (χ1n) is 4.83. The van der Waals surface area contributed by atoms with Crippen LogP contribution in [0.4, 0.5) is 5.13 Å². The lowest BCUT2D eigenvalue weighted by Crippen LogP contribution is -3.00. The van der Waals surface area contributed by atoms with E-state index in [-0.39, 0.29) is 12.4 Å². The van der Waals surface area contributed by atoms with E-state index < -0.39 is 0 Å². The molecule has 6 heteroatoms. The number of anilines is 1. The predicted molar refractivity (Wildman–Crippen MR) is 64.8 cm³/mol. The Bertz CT molecular complexity index is 617. The third-order valence-electron chi connectivity index (χ3n) is 2.16. The molecule has 1 aromatic carbocycles. The van der Waals surface area contributed by atoms with Gasteiger partial charge in [0.1, 0.15) is 11.5 Å². The van der Waals surface area contributed by atoms with E-state index in [1.54, 1.807) is 22.9 Å². The topological polar surface area (TPSA) is 29.0 Å². The van der Waals surface area contributed by atoms with Crippen molar-refractivity contribution in [1.82, 2.24) is 4.98 Å². The van der Waals surface area contributed by atoms with Crippen LogP contribution in [0.1, 0.15) is 6.92 Å². The highest BCUT2D eigenvalue weighted by Crippen LogP contribution is 2.23. The van der Waals surface area contributed by atoms with Gasteiger partial charge in [0.05, 0.1) is 4.70 Å². The van der Waals surface area contributed by atoms with Crippen molar-refractivity contribution >= 4 is 43.2 Å². The van der Waals surface area contributed by atoms with Gasteiger partial charge in [-0.3, -0.25) is 0 Å². The van der Waals surface area contributed by atoms with Gasteiger partial charge in [0.15, 0.2) is 5.52 Å². The quantitative estimate of drug-likeness (QED) is 0.639. The summed E-state index contributed by atoms with van der Waals surface area (Å²) in [5.74, 6) is 0. The normalized spacial score (nSPS) is 10.6. The second kappa shape index (κ2) is 4.53. The number of hydrogen-bond acceptors (Lipinski definition) is 4. The molecule has 0 radical (unpaired) electrons. The summed E-state index contributed by atoms with van der Waals surface area (Å²) in [4.78, 5) is 5.60. The van der Waals surface area contributed by atoms with Crippen molar-refractivity contribution in [2.75, 3.05) is 11.9 Å². The SMILES string of the molecule is CCNc1nc2sc3ccccc3[n+]2s1.[Cl-]. The average molecular weight is 272 g/mol. The number of para-hydroxylation sites is 1. The molecule has 0 aliphatic carbocycles. The smallest absolute Gasteiger partial charge is 0.402 e. The van der Waals surface area contributed by atoms with E-state index >= 15 is 0 Å². The van der Waals surface area contributed by atoms with Crippen LogP contribution in [0.5, 0.6) is 0 Å². The summed E-state index contributed by atoms with van der Waals surface area (Å²) in [6, 6.07) is 8.39.